The normalized spacial score (nSPS) is 22.5. The van der Waals surface area contributed by atoms with Gasteiger partial charge in [-0.1, -0.05) is 28.1 Å². The molecule has 7 N–H and O–H groups in total. The Morgan fingerprint density at radius 1 is 1.35 bits per heavy atom. The lowest BCUT2D eigenvalue weighted by Crippen LogP contribution is -2.71. The molecular weight excluding hydrogens is 624 g/mol. The molecule has 3 aliphatic rings. The average Bonchev–Trinajstić information content (AvgIpc) is 3.60. The Labute approximate surface area is 258 Å². The first-order valence-electron chi connectivity index (χ1n) is 13.1. The summed E-state index contributed by atoms with van der Waals surface area (Å²) in [4.78, 5) is 60.0. The van der Waals surface area contributed by atoms with Crippen molar-refractivity contribution in [3.05, 3.63) is 45.8 Å². The Morgan fingerprint density at radius 3 is 2.70 bits per heavy atom. The Bertz CT molecular complexity index is 1510. The largest absolute Gasteiger partial charge is 0.478 e. The number of fused-ring (bicyclic) bond motifs is 1. The standard InChI is InChI=1S/C25H27ClN8O7S2/c1-11(23(37)38)41-32-16(15-19(26)43-25(27)31-15)20(35)30-17-21(36)34-18(24(39)40)12(10-42-22(17)34)9-33-6-3-13(4-7-33)29-14-2-5-28-8-14/h3-4,6-7,11,14,17,22,28H,2,5,8-10H2,1H3,(H5,27,30,31,35,37,38,39,40)/p+1/b32-16-/t11-,14?,17+,22+/m0/s1. The zero-order valence-corrected chi connectivity index (χ0v) is 25.0. The fraction of sp³-hybridized carbons (Fsp3) is 0.400. The zero-order chi connectivity index (χ0) is 30.8. The third-order valence-electron chi connectivity index (χ3n) is 6.92. The molecule has 0 bridgehead atoms. The topological polar surface area (TPSA) is 212 Å². The Hall–Kier alpha value is -3.93. The van der Waals surface area contributed by atoms with Crippen molar-refractivity contribution in [3.8, 4) is 0 Å². The number of carboxylic acids is 2. The number of rotatable bonds is 11. The van der Waals surface area contributed by atoms with Crippen LogP contribution in [-0.2, 0) is 30.6 Å². The highest BCUT2D eigenvalue weighted by Gasteiger charge is 2.55. The number of pyridine rings is 1. The minimum atomic E-state index is -1.40. The molecule has 2 fully saturated rings. The van der Waals surface area contributed by atoms with Gasteiger partial charge in [-0.05, 0) is 19.9 Å². The number of oxime groups is 1. The molecule has 0 saturated carbocycles. The van der Waals surface area contributed by atoms with E-state index in [2.05, 4.69) is 26.1 Å². The summed E-state index contributed by atoms with van der Waals surface area (Å²) in [5.74, 6) is -3.83. The number of amides is 2. The Balaban J connectivity index is 1.30. The summed E-state index contributed by atoms with van der Waals surface area (Å²) < 4.78 is 1.84. The number of anilines is 2. The van der Waals surface area contributed by atoms with E-state index >= 15 is 0 Å². The third kappa shape index (κ3) is 6.53. The van der Waals surface area contributed by atoms with Crippen molar-refractivity contribution in [2.24, 2.45) is 5.16 Å². The van der Waals surface area contributed by atoms with Crippen LogP contribution in [0.2, 0.25) is 4.34 Å². The molecule has 0 aromatic carbocycles. The minimum absolute atomic E-state index is 0.00387. The number of thiazole rings is 1. The van der Waals surface area contributed by atoms with Crippen molar-refractivity contribution in [2.75, 3.05) is 29.9 Å². The van der Waals surface area contributed by atoms with Gasteiger partial charge in [0, 0.05) is 41.7 Å². The van der Waals surface area contributed by atoms with Crippen molar-refractivity contribution in [2.45, 2.75) is 43.5 Å². The van der Waals surface area contributed by atoms with Gasteiger partial charge in [-0.25, -0.2) is 19.1 Å². The molecule has 2 amide bonds. The summed E-state index contributed by atoms with van der Waals surface area (Å²) >= 11 is 8.32. The number of hydrogen-bond acceptors (Lipinski definition) is 12. The molecule has 5 heterocycles. The second-order valence-electron chi connectivity index (χ2n) is 9.91. The molecule has 0 spiro atoms. The number of nitrogen functional groups attached to an aromatic ring is 1. The maximum absolute atomic E-state index is 13.2. The van der Waals surface area contributed by atoms with Gasteiger partial charge in [0.05, 0.1) is 0 Å². The van der Waals surface area contributed by atoms with Gasteiger partial charge in [-0.2, -0.15) is 0 Å². The maximum atomic E-state index is 13.2. The van der Waals surface area contributed by atoms with Gasteiger partial charge >= 0.3 is 11.9 Å². The van der Waals surface area contributed by atoms with Gasteiger partial charge in [0.25, 0.3) is 11.8 Å². The quantitative estimate of drug-likeness (QED) is 0.0825. The van der Waals surface area contributed by atoms with E-state index < -0.39 is 47.0 Å². The van der Waals surface area contributed by atoms with E-state index in [-0.39, 0.29) is 27.4 Å². The zero-order valence-electron chi connectivity index (χ0n) is 22.7. The van der Waals surface area contributed by atoms with E-state index in [0.717, 1.165) is 41.4 Å². The van der Waals surface area contributed by atoms with Gasteiger partial charge in [0.2, 0.25) is 6.10 Å². The molecule has 0 radical (unpaired) electrons. The van der Waals surface area contributed by atoms with Crippen molar-refractivity contribution in [1.82, 2.24) is 20.5 Å². The first-order valence-corrected chi connectivity index (χ1v) is 15.3. The summed E-state index contributed by atoms with van der Waals surface area (Å²) in [5, 5.41) is 31.4. The molecule has 228 valence electrons. The van der Waals surface area contributed by atoms with Crippen LogP contribution in [0.3, 0.4) is 0 Å². The number of nitrogens with zero attached hydrogens (tertiary/aromatic N) is 4. The molecule has 3 aliphatic heterocycles. The van der Waals surface area contributed by atoms with Crippen LogP contribution in [0.4, 0.5) is 10.8 Å². The van der Waals surface area contributed by atoms with Crippen molar-refractivity contribution >= 4 is 75.0 Å². The molecule has 18 heteroatoms. The minimum Gasteiger partial charge on any atom is -0.478 e. The predicted molar refractivity (Wildman–Crippen MR) is 157 cm³/mol. The molecule has 2 saturated heterocycles. The van der Waals surface area contributed by atoms with Gasteiger partial charge in [0.15, 0.2) is 29.8 Å². The number of hydrogen-bond donors (Lipinski definition) is 6. The second-order valence-corrected chi connectivity index (χ2v) is 12.6. The fourth-order valence-corrected chi connectivity index (χ4v) is 7.00. The van der Waals surface area contributed by atoms with Crippen LogP contribution in [0.1, 0.15) is 19.0 Å². The molecule has 43 heavy (non-hydrogen) atoms. The number of thioether (sulfide) groups is 1. The molecule has 15 nitrogen and oxygen atoms in total. The van der Waals surface area contributed by atoms with E-state index in [9.17, 15) is 24.3 Å². The van der Waals surface area contributed by atoms with E-state index in [4.69, 9.17) is 27.3 Å². The lowest BCUT2D eigenvalue weighted by molar-refractivity contribution is -0.688. The molecular formula is C25H28ClN8O7S2+. The van der Waals surface area contributed by atoms with Crippen molar-refractivity contribution < 1.29 is 38.8 Å². The summed E-state index contributed by atoms with van der Waals surface area (Å²) in [7, 11) is 0. The maximum Gasteiger partial charge on any atom is 0.352 e. The predicted octanol–water partition coefficient (Wildman–Crippen LogP) is 0.0726. The summed E-state index contributed by atoms with van der Waals surface area (Å²) in [5.41, 5.74) is 6.43. The Morgan fingerprint density at radius 2 is 2.09 bits per heavy atom. The monoisotopic (exact) mass is 651 g/mol. The first kappa shape index (κ1) is 30.5. The van der Waals surface area contributed by atoms with Gasteiger partial charge in [0.1, 0.15) is 27.1 Å². The van der Waals surface area contributed by atoms with Gasteiger partial charge in [-0.3, -0.25) is 14.5 Å². The molecule has 4 atom stereocenters. The van der Waals surface area contributed by atoms with Crippen LogP contribution in [0, 0.1) is 0 Å². The Kier molecular flexibility index (Phi) is 9.05. The van der Waals surface area contributed by atoms with Crippen LogP contribution in [0.25, 0.3) is 0 Å². The van der Waals surface area contributed by atoms with E-state index in [0.29, 0.717) is 17.4 Å². The molecule has 0 aliphatic carbocycles. The third-order valence-corrected chi connectivity index (χ3v) is 9.35. The molecule has 1 unspecified atom stereocenters. The van der Waals surface area contributed by atoms with E-state index in [1.807, 2.05) is 29.1 Å². The van der Waals surface area contributed by atoms with Gasteiger partial charge in [-0.15, -0.1) is 11.8 Å². The number of nitrogens with one attached hydrogen (secondary N) is 3. The number of β-lactam (4-membered cyclic amide) rings is 1. The lowest BCUT2D eigenvalue weighted by atomic mass is 10.0. The number of carbonyl (C=O) groups is 4. The van der Waals surface area contributed by atoms with Crippen molar-refractivity contribution in [1.29, 1.82) is 0 Å². The average molecular weight is 652 g/mol. The molecule has 2 aromatic rings. The fourth-order valence-electron chi connectivity index (χ4n) is 4.74. The van der Waals surface area contributed by atoms with E-state index in [1.54, 1.807) is 0 Å². The second kappa shape index (κ2) is 12.7. The van der Waals surface area contributed by atoms with Crippen LogP contribution < -0.4 is 26.3 Å². The summed E-state index contributed by atoms with van der Waals surface area (Å²) in [6.07, 6.45) is 3.33. The van der Waals surface area contributed by atoms with Crippen molar-refractivity contribution in [3.63, 3.8) is 0 Å². The van der Waals surface area contributed by atoms with Crippen LogP contribution in [-0.4, -0.2) is 92.0 Å². The van der Waals surface area contributed by atoms with E-state index in [1.165, 1.54) is 18.7 Å². The summed E-state index contributed by atoms with van der Waals surface area (Å²) in [6.45, 7) is 3.33. The number of aliphatic carboxylic acids is 2. The number of halogens is 1. The highest BCUT2D eigenvalue weighted by atomic mass is 35.5. The number of carboxylic acid groups (broad SMARTS) is 2. The molecule has 5 rings (SSSR count). The summed E-state index contributed by atoms with van der Waals surface area (Å²) in [6, 6.07) is 3.10. The number of aromatic nitrogens is 2. The molecule has 2 aromatic heterocycles. The lowest BCUT2D eigenvalue weighted by Gasteiger charge is -2.49. The number of nitrogens with two attached hydrogens (primary N) is 1. The van der Waals surface area contributed by atoms with Crippen LogP contribution in [0.15, 0.2) is 41.0 Å². The SMILES string of the molecule is C[C@H](O/N=C(\C(=O)N[C@@H]1C(=O)N2C(C(=O)O)=C(C[n+]3ccc(NC4CCNC4)cc3)CS[C@H]12)c1nc(N)sc1Cl)C(=O)O. The highest BCUT2D eigenvalue weighted by Crippen LogP contribution is 2.40. The van der Waals surface area contributed by atoms with Crippen LogP contribution >= 0.6 is 34.7 Å². The first-order chi connectivity index (χ1) is 20.5. The number of carbonyl (C=O) groups excluding carboxylic acids is 2. The smallest absolute Gasteiger partial charge is 0.352 e. The van der Waals surface area contributed by atoms with Gasteiger partial charge < -0.3 is 36.7 Å². The highest BCUT2D eigenvalue weighted by molar-refractivity contribution is 8.00. The van der Waals surface area contributed by atoms with Crippen LogP contribution in [0.5, 0.6) is 0 Å².